The van der Waals surface area contributed by atoms with Crippen LogP contribution in [-0.2, 0) is 0 Å². The second kappa shape index (κ2) is 7.06. The first-order chi connectivity index (χ1) is 10.2. The van der Waals surface area contributed by atoms with Gasteiger partial charge in [0.2, 0.25) is 0 Å². The van der Waals surface area contributed by atoms with E-state index < -0.39 is 0 Å². The number of aliphatic imine (C=N–C) groups is 1. The van der Waals surface area contributed by atoms with Gasteiger partial charge in [-0.15, -0.1) is 0 Å². The van der Waals surface area contributed by atoms with Crippen LogP contribution in [0.1, 0.15) is 11.1 Å². The molecule has 0 aliphatic carbocycles. The van der Waals surface area contributed by atoms with Crippen LogP contribution in [0.5, 0.6) is 0 Å². The van der Waals surface area contributed by atoms with E-state index in [9.17, 15) is 5.26 Å². The van der Waals surface area contributed by atoms with E-state index in [4.69, 9.17) is 0 Å². The third-order valence-electron chi connectivity index (χ3n) is 2.82. The molecule has 0 unspecified atom stereocenters. The first-order valence-corrected chi connectivity index (χ1v) is 6.68. The molecule has 0 atom stereocenters. The summed E-state index contributed by atoms with van der Waals surface area (Å²) in [6.07, 6.45) is 1.71. The number of benzene rings is 2. The maximum atomic E-state index is 9.27. The lowest BCUT2D eigenvalue weighted by atomic mass is 10.0. The number of hydrogen-bond acceptors (Lipinski definition) is 3. The van der Waals surface area contributed by atoms with Crippen LogP contribution in [0.25, 0.3) is 0 Å². The molecule has 0 aromatic heterocycles. The molecule has 0 aliphatic rings. The topological polar surface area (TPSA) is 39.4 Å². The van der Waals surface area contributed by atoms with Crippen molar-refractivity contribution in [2.45, 2.75) is 0 Å². The van der Waals surface area contributed by atoms with E-state index in [1.165, 1.54) is 0 Å². The minimum absolute atomic E-state index is 0.378. The molecule has 104 valence electrons. The molecule has 0 N–H and O–H groups in total. The van der Waals surface area contributed by atoms with Crippen molar-refractivity contribution in [1.29, 1.82) is 5.26 Å². The van der Waals surface area contributed by atoms with Crippen molar-refractivity contribution in [3.05, 3.63) is 83.7 Å². The van der Waals surface area contributed by atoms with Gasteiger partial charge in [-0.25, -0.2) is 4.99 Å². The lowest BCUT2D eigenvalue weighted by Crippen LogP contribution is -2.06. The predicted molar refractivity (Wildman–Crippen MR) is 85.9 cm³/mol. The third kappa shape index (κ3) is 4.05. The Morgan fingerprint density at radius 1 is 0.952 bits per heavy atom. The zero-order valence-corrected chi connectivity index (χ0v) is 12.2. The Morgan fingerprint density at radius 3 is 1.81 bits per heavy atom. The van der Waals surface area contributed by atoms with Gasteiger partial charge < -0.3 is 4.90 Å². The Morgan fingerprint density at radius 2 is 1.43 bits per heavy atom. The van der Waals surface area contributed by atoms with Gasteiger partial charge in [0.05, 0.1) is 5.71 Å². The fourth-order valence-electron chi connectivity index (χ4n) is 1.94. The smallest absolute Gasteiger partial charge is 0.156 e. The van der Waals surface area contributed by atoms with Crippen LogP contribution in [0.15, 0.2) is 77.6 Å². The normalized spacial score (nSPS) is 10.6. The molecule has 0 fully saturated rings. The van der Waals surface area contributed by atoms with Gasteiger partial charge in [-0.05, 0) is 0 Å². The second-order valence-corrected chi connectivity index (χ2v) is 4.78. The summed E-state index contributed by atoms with van der Waals surface area (Å²) >= 11 is 0. The van der Waals surface area contributed by atoms with E-state index in [2.05, 4.69) is 11.1 Å². The van der Waals surface area contributed by atoms with Gasteiger partial charge in [-0.3, -0.25) is 0 Å². The van der Waals surface area contributed by atoms with Crippen LogP contribution in [0, 0.1) is 11.3 Å². The first-order valence-electron chi connectivity index (χ1n) is 6.68. The van der Waals surface area contributed by atoms with Crippen LogP contribution in [0.4, 0.5) is 0 Å². The maximum absolute atomic E-state index is 9.27. The highest BCUT2D eigenvalue weighted by Crippen LogP contribution is 2.13. The lowest BCUT2D eigenvalue weighted by Gasteiger charge is -2.08. The maximum Gasteiger partial charge on any atom is 0.156 e. The van der Waals surface area contributed by atoms with E-state index in [0.717, 1.165) is 16.8 Å². The van der Waals surface area contributed by atoms with Crippen molar-refractivity contribution in [3.63, 3.8) is 0 Å². The molecule has 2 aromatic carbocycles. The molecule has 0 aliphatic heterocycles. The highest BCUT2D eigenvalue weighted by atomic mass is 15.0. The summed E-state index contributed by atoms with van der Waals surface area (Å²) in [5.74, 6) is 0. The van der Waals surface area contributed by atoms with Gasteiger partial charge in [0, 0.05) is 31.4 Å². The molecule has 2 aromatic rings. The lowest BCUT2D eigenvalue weighted by molar-refractivity contribution is 0.559. The molecule has 0 radical (unpaired) electrons. The summed E-state index contributed by atoms with van der Waals surface area (Å²) in [5, 5.41) is 9.27. The monoisotopic (exact) mass is 275 g/mol. The number of nitrogens with zero attached hydrogens (tertiary/aromatic N) is 3. The molecular formula is C18H17N3. The summed E-state index contributed by atoms with van der Waals surface area (Å²) in [7, 11) is 3.75. The molecule has 2 rings (SSSR count). The minimum atomic E-state index is 0.378. The number of nitriles is 1. The minimum Gasteiger partial charge on any atom is -0.381 e. The van der Waals surface area contributed by atoms with Gasteiger partial charge >= 0.3 is 0 Å². The van der Waals surface area contributed by atoms with Crippen LogP contribution >= 0.6 is 0 Å². The Labute approximate surface area is 125 Å². The summed E-state index contributed by atoms with van der Waals surface area (Å²) in [5.41, 5.74) is 3.15. The van der Waals surface area contributed by atoms with E-state index in [-0.39, 0.29) is 0 Å². The average molecular weight is 275 g/mol. The van der Waals surface area contributed by atoms with Gasteiger partial charge in [-0.1, -0.05) is 60.7 Å². The molecular weight excluding hydrogens is 258 g/mol. The van der Waals surface area contributed by atoms with Gasteiger partial charge in [0.25, 0.3) is 0 Å². The summed E-state index contributed by atoms with van der Waals surface area (Å²) in [6, 6.07) is 21.9. The van der Waals surface area contributed by atoms with Crippen molar-refractivity contribution in [1.82, 2.24) is 4.90 Å². The van der Waals surface area contributed by atoms with Crippen molar-refractivity contribution >= 4 is 5.71 Å². The molecule has 0 saturated carbocycles. The fourth-order valence-corrected chi connectivity index (χ4v) is 1.94. The zero-order chi connectivity index (χ0) is 15.1. The molecule has 0 saturated heterocycles. The summed E-state index contributed by atoms with van der Waals surface area (Å²) < 4.78 is 0. The highest BCUT2D eigenvalue weighted by molar-refractivity contribution is 6.13. The van der Waals surface area contributed by atoms with Crippen molar-refractivity contribution in [2.24, 2.45) is 4.99 Å². The van der Waals surface area contributed by atoms with Gasteiger partial charge in [-0.2, -0.15) is 5.26 Å². The number of allylic oxidation sites excluding steroid dienone is 1. The third-order valence-corrected chi connectivity index (χ3v) is 2.82. The van der Waals surface area contributed by atoms with Gasteiger partial charge in [0.1, 0.15) is 6.07 Å². The number of hydrogen-bond donors (Lipinski definition) is 0. The number of rotatable bonds is 4. The zero-order valence-electron chi connectivity index (χ0n) is 12.2. The van der Waals surface area contributed by atoms with E-state index in [1.54, 1.807) is 6.20 Å². The van der Waals surface area contributed by atoms with Crippen LogP contribution in [0.2, 0.25) is 0 Å². The second-order valence-electron chi connectivity index (χ2n) is 4.78. The van der Waals surface area contributed by atoms with Crippen molar-refractivity contribution < 1.29 is 0 Å². The van der Waals surface area contributed by atoms with Crippen molar-refractivity contribution in [2.75, 3.05) is 14.1 Å². The largest absolute Gasteiger partial charge is 0.381 e. The highest BCUT2D eigenvalue weighted by Gasteiger charge is 2.07. The van der Waals surface area contributed by atoms with Crippen LogP contribution in [-0.4, -0.2) is 24.7 Å². The molecule has 0 spiro atoms. The van der Waals surface area contributed by atoms with E-state index >= 15 is 0 Å². The standard InChI is InChI=1S/C18H17N3/c1-21(2)14-17(13-19)20-18(15-9-5-3-6-10-15)16-11-7-4-8-12-16/h3-12,14H,1-2H3/b17-14-. The molecule has 3 nitrogen and oxygen atoms in total. The quantitative estimate of drug-likeness (QED) is 0.633. The Hall–Kier alpha value is -2.86. The first kappa shape index (κ1) is 14.5. The molecule has 21 heavy (non-hydrogen) atoms. The molecule has 3 heteroatoms. The fraction of sp³-hybridized carbons (Fsp3) is 0.111. The Balaban J connectivity index is 2.55. The van der Waals surface area contributed by atoms with Crippen LogP contribution < -0.4 is 0 Å². The molecule has 0 amide bonds. The van der Waals surface area contributed by atoms with Crippen molar-refractivity contribution in [3.8, 4) is 6.07 Å². The Bertz CT molecular complexity index is 636. The van der Waals surface area contributed by atoms with Gasteiger partial charge in [0.15, 0.2) is 5.70 Å². The SMILES string of the molecule is CN(C)/C=C(/C#N)N=C(c1ccccc1)c1ccccc1. The predicted octanol–water partition coefficient (Wildman–Crippen LogP) is 3.45. The van der Waals surface area contributed by atoms with E-state index in [0.29, 0.717) is 5.70 Å². The summed E-state index contributed by atoms with van der Waals surface area (Å²) in [4.78, 5) is 6.37. The Kier molecular flexibility index (Phi) is 4.89. The summed E-state index contributed by atoms with van der Waals surface area (Å²) in [6.45, 7) is 0. The molecule has 0 bridgehead atoms. The van der Waals surface area contributed by atoms with Crippen LogP contribution in [0.3, 0.4) is 0 Å². The average Bonchev–Trinajstić information content (AvgIpc) is 2.52. The van der Waals surface area contributed by atoms with E-state index in [1.807, 2.05) is 79.7 Å². The molecule has 0 heterocycles.